The molecule has 0 radical (unpaired) electrons. The Morgan fingerprint density at radius 2 is 2.04 bits per heavy atom. The Hall–Kier alpha value is -2.50. The van der Waals surface area contributed by atoms with Gasteiger partial charge >= 0.3 is 0 Å². The van der Waals surface area contributed by atoms with Gasteiger partial charge in [-0.1, -0.05) is 48.5 Å². The number of amides is 1. The zero-order valence-electron chi connectivity index (χ0n) is 15.5. The summed E-state index contributed by atoms with van der Waals surface area (Å²) in [6.07, 6.45) is 3.82. The fraction of sp³-hybridized carbons (Fsp3) is 0.182. The van der Waals surface area contributed by atoms with Gasteiger partial charge in [-0.2, -0.15) is 4.39 Å². The van der Waals surface area contributed by atoms with E-state index in [1.165, 1.54) is 16.5 Å². The molecule has 3 heterocycles. The van der Waals surface area contributed by atoms with Crippen LogP contribution in [0.15, 0.2) is 61.3 Å². The number of carbonyl (C=O) groups excluding carboxylic acids is 1. The molecule has 3 nitrogen and oxygen atoms in total. The Bertz CT molecular complexity index is 987. The van der Waals surface area contributed by atoms with Gasteiger partial charge in [0.1, 0.15) is 0 Å². The normalized spacial score (nSPS) is 12.6. The number of nitrogens with zero attached hydrogens (tertiary/aromatic N) is 2. The number of aryl methyl sites for hydroxylation is 1. The highest BCUT2D eigenvalue weighted by atomic mass is 35.5. The van der Waals surface area contributed by atoms with E-state index >= 15 is 0 Å². The third kappa shape index (κ3) is 4.86. The molecule has 0 spiro atoms. The van der Waals surface area contributed by atoms with Crippen molar-refractivity contribution in [3.05, 3.63) is 87.6 Å². The van der Waals surface area contributed by atoms with Crippen molar-refractivity contribution in [2.45, 2.75) is 19.9 Å². The minimum Gasteiger partial charge on any atom is -0.334 e. The highest BCUT2D eigenvalue weighted by molar-refractivity contribution is 7.16. The second-order valence-electron chi connectivity index (χ2n) is 6.41. The van der Waals surface area contributed by atoms with E-state index in [2.05, 4.69) is 11.6 Å². The third-order valence-electron chi connectivity index (χ3n) is 4.46. The van der Waals surface area contributed by atoms with Gasteiger partial charge in [-0.05, 0) is 42.7 Å². The topological polar surface area (TPSA) is 33.2 Å². The first kappa shape index (κ1) is 20.2. The summed E-state index contributed by atoms with van der Waals surface area (Å²) in [5, 5.41) is 0. The number of halogens is 2. The van der Waals surface area contributed by atoms with Crippen molar-refractivity contribution in [3.8, 4) is 11.1 Å². The number of carbonyl (C=O) groups is 1. The molecule has 2 aromatic heterocycles. The van der Waals surface area contributed by atoms with Crippen molar-refractivity contribution in [2.75, 3.05) is 6.54 Å². The lowest BCUT2D eigenvalue weighted by Gasteiger charge is -2.25. The fourth-order valence-electron chi connectivity index (χ4n) is 2.95. The van der Waals surface area contributed by atoms with Crippen molar-refractivity contribution in [2.24, 2.45) is 0 Å². The Morgan fingerprint density at radius 3 is 2.71 bits per heavy atom. The summed E-state index contributed by atoms with van der Waals surface area (Å²) in [5.74, 6) is -0.398. The molecule has 0 N–H and O–H groups in total. The second kappa shape index (κ2) is 9.13. The lowest BCUT2D eigenvalue weighted by molar-refractivity contribution is -0.126. The molecule has 1 aliphatic rings. The SMILES string of the molecule is C=CC(=O)N1CCc2cc(Cl)sc2C1.Cc1cc(-c2ccccc2)cnc1F. The molecule has 0 unspecified atom stereocenters. The molecule has 6 heteroatoms. The van der Waals surface area contributed by atoms with Gasteiger partial charge in [0.05, 0.1) is 10.9 Å². The average molecular weight is 415 g/mol. The van der Waals surface area contributed by atoms with Gasteiger partial charge in [-0.15, -0.1) is 11.3 Å². The van der Waals surface area contributed by atoms with Gasteiger partial charge in [0, 0.05) is 28.7 Å². The molecule has 0 atom stereocenters. The number of pyridine rings is 1. The zero-order valence-corrected chi connectivity index (χ0v) is 17.1. The van der Waals surface area contributed by atoms with Gasteiger partial charge in [0.2, 0.25) is 11.9 Å². The van der Waals surface area contributed by atoms with Crippen molar-refractivity contribution in [3.63, 3.8) is 0 Å². The molecule has 0 aliphatic carbocycles. The molecular formula is C22H20ClFN2OS. The summed E-state index contributed by atoms with van der Waals surface area (Å²) in [5.41, 5.74) is 3.87. The molecule has 144 valence electrons. The molecule has 1 aromatic carbocycles. The van der Waals surface area contributed by atoms with E-state index in [9.17, 15) is 9.18 Å². The van der Waals surface area contributed by atoms with Gasteiger partial charge < -0.3 is 4.90 Å². The van der Waals surface area contributed by atoms with Crippen LogP contribution in [0.5, 0.6) is 0 Å². The van der Waals surface area contributed by atoms with Gasteiger partial charge in [-0.25, -0.2) is 4.98 Å². The summed E-state index contributed by atoms with van der Waals surface area (Å²) >= 11 is 7.47. The number of benzene rings is 1. The quantitative estimate of drug-likeness (QED) is 0.400. The zero-order chi connectivity index (χ0) is 20.1. The van der Waals surface area contributed by atoms with Gasteiger partial charge in [0.25, 0.3) is 0 Å². The predicted octanol–water partition coefficient (Wildman–Crippen LogP) is 5.67. The van der Waals surface area contributed by atoms with Gasteiger partial charge in [0.15, 0.2) is 0 Å². The van der Waals surface area contributed by atoms with Crippen LogP contribution in [0.3, 0.4) is 0 Å². The van der Waals surface area contributed by atoms with Crippen LogP contribution in [-0.2, 0) is 17.8 Å². The van der Waals surface area contributed by atoms with Crippen LogP contribution in [0.2, 0.25) is 4.34 Å². The summed E-state index contributed by atoms with van der Waals surface area (Å²) in [7, 11) is 0. The van der Waals surface area contributed by atoms with E-state index in [0.29, 0.717) is 12.1 Å². The molecule has 3 aromatic rings. The van der Waals surface area contributed by atoms with Crippen LogP contribution in [0.1, 0.15) is 16.0 Å². The Balaban J connectivity index is 0.000000161. The summed E-state index contributed by atoms with van der Waals surface area (Å²) in [6, 6.07) is 13.6. The molecule has 0 saturated heterocycles. The highest BCUT2D eigenvalue weighted by Crippen LogP contribution is 2.31. The maximum atomic E-state index is 12.9. The smallest absolute Gasteiger partial charge is 0.246 e. The Morgan fingerprint density at radius 1 is 1.29 bits per heavy atom. The maximum Gasteiger partial charge on any atom is 0.246 e. The van der Waals surface area contributed by atoms with Crippen molar-refractivity contribution in [1.82, 2.24) is 9.88 Å². The van der Waals surface area contributed by atoms with E-state index in [4.69, 9.17) is 11.6 Å². The van der Waals surface area contributed by atoms with E-state index < -0.39 is 5.95 Å². The highest BCUT2D eigenvalue weighted by Gasteiger charge is 2.20. The molecule has 28 heavy (non-hydrogen) atoms. The molecular weight excluding hydrogens is 395 g/mol. The van der Waals surface area contributed by atoms with Crippen molar-refractivity contribution < 1.29 is 9.18 Å². The molecule has 0 bridgehead atoms. The number of fused-ring (bicyclic) bond motifs is 1. The fourth-order valence-corrected chi connectivity index (χ4v) is 4.31. The lowest BCUT2D eigenvalue weighted by Crippen LogP contribution is -2.33. The van der Waals surface area contributed by atoms with Gasteiger partial charge in [-0.3, -0.25) is 4.79 Å². The second-order valence-corrected chi connectivity index (χ2v) is 8.18. The first-order chi connectivity index (χ1) is 13.5. The van der Waals surface area contributed by atoms with Crippen LogP contribution in [0.4, 0.5) is 4.39 Å². The number of thiophene rings is 1. The first-order valence-corrected chi connectivity index (χ1v) is 10.0. The maximum absolute atomic E-state index is 12.9. The Kier molecular flexibility index (Phi) is 6.60. The number of hydrogen-bond acceptors (Lipinski definition) is 3. The van der Waals surface area contributed by atoms with Crippen LogP contribution in [-0.4, -0.2) is 22.3 Å². The summed E-state index contributed by atoms with van der Waals surface area (Å²) in [6.45, 7) is 6.65. The predicted molar refractivity (Wildman–Crippen MR) is 113 cm³/mol. The summed E-state index contributed by atoms with van der Waals surface area (Å²) < 4.78 is 13.7. The molecule has 0 saturated carbocycles. The standard InChI is InChI=1S/C12H10FN.C10H10ClNOS/c1-9-7-11(8-14-12(9)13)10-5-3-2-4-6-10;1-2-10(13)12-4-3-7-5-9(11)14-8(7)6-12/h2-8H,1H3;2,5H,1,3-4,6H2. The number of rotatable bonds is 2. The monoisotopic (exact) mass is 414 g/mol. The van der Waals surface area contributed by atoms with Crippen LogP contribution < -0.4 is 0 Å². The minimum atomic E-state index is -0.398. The van der Waals surface area contributed by atoms with Crippen LogP contribution in [0, 0.1) is 12.9 Å². The van der Waals surface area contributed by atoms with E-state index in [1.807, 2.05) is 36.4 Å². The molecule has 4 rings (SSSR count). The van der Waals surface area contributed by atoms with Crippen molar-refractivity contribution in [1.29, 1.82) is 0 Å². The molecule has 1 amide bonds. The lowest BCUT2D eigenvalue weighted by atomic mass is 10.1. The number of aromatic nitrogens is 1. The van der Waals surface area contributed by atoms with E-state index in [1.54, 1.807) is 35.4 Å². The average Bonchev–Trinajstić information content (AvgIpc) is 3.09. The third-order valence-corrected chi connectivity index (χ3v) is 5.75. The number of hydrogen-bond donors (Lipinski definition) is 0. The summed E-state index contributed by atoms with van der Waals surface area (Å²) in [4.78, 5) is 18.1. The molecule has 0 fully saturated rings. The minimum absolute atomic E-state index is 0.000160. The molecule has 1 aliphatic heterocycles. The van der Waals surface area contributed by atoms with Crippen molar-refractivity contribution >= 4 is 28.8 Å². The first-order valence-electron chi connectivity index (χ1n) is 8.84. The largest absolute Gasteiger partial charge is 0.334 e. The Labute approximate surface area is 173 Å². The van der Waals surface area contributed by atoms with E-state index in [-0.39, 0.29) is 5.91 Å². The van der Waals surface area contributed by atoms with E-state index in [0.717, 1.165) is 28.4 Å². The van der Waals surface area contributed by atoms with Crippen LogP contribution >= 0.6 is 22.9 Å². The van der Waals surface area contributed by atoms with Crippen LogP contribution in [0.25, 0.3) is 11.1 Å².